The molecule has 15 heavy (non-hydrogen) atoms. The second kappa shape index (κ2) is 4.03. The molecule has 0 aromatic heterocycles. The van der Waals surface area contributed by atoms with Crippen LogP contribution in [0.1, 0.15) is 18.1 Å². The Hall–Kier alpha value is -1.35. The van der Waals surface area contributed by atoms with Gasteiger partial charge in [-0.25, -0.2) is 0 Å². The summed E-state index contributed by atoms with van der Waals surface area (Å²) in [6.45, 7) is 1.67. The van der Waals surface area contributed by atoms with Crippen molar-refractivity contribution >= 4 is 5.78 Å². The highest BCUT2D eigenvalue weighted by Gasteiger charge is 2.21. The average molecular weight is 205 g/mol. The molecule has 2 N–H and O–H groups in total. The van der Waals surface area contributed by atoms with Crippen LogP contribution in [0.25, 0.3) is 0 Å². The molecule has 1 aliphatic rings. The van der Waals surface area contributed by atoms with Crippen molar-refractivity contribution in [2.45, 2.75) is 25.8 Å². The summed E-state index contributed by atoms with van der Waals surface area (Å²) in [4.78, 5) is 10.8. The molecule has 0 saturated heterocycles. The Morgan fingerprint density at radius 2 is 2.33 bits per heavy atom. The lowest BCUT2D eigenvalue weighted by atomic mass is 10.1. The van der Waals surface area contributed by atoms with Crippen LogP contribution < -0.4 is 10.5 Å². The topological polar surface area (TPSA) is 52.3 Å². The van der Waals surface area contributed by atoms with Crippen LogP contribution in [0.5, 0.6) is 5.75 Å². The molecule has 1 aromatic carbocycles. The highest BCUT2D eigenvalue weighted by molar-refractivity contribution is 5.77. The summed E-state index contributed by atoms with van der Waals surface area (Å²) in [6.07, 6.45) is 1.76. The van der Waals surface area contributed by atoms with Crippen LogP contribution >= 0.6 is 0 Å². The standard InChI is InChI=1S/C12H15NO2/c1-8(14)7-15-12-4-2-3-9-5-10(13)6-11(9)12/h2-4,10H,5-7,13H2,1H3. The van der Waals surface area contributed by atoms with Gasteiger partial charge in [-0.15, -0.1) is 0 Å². The van der Waals surface area contributed by atoms with E-state index in [1.807, 2.05) is 12.1 Å². The number of nitrogens with two attached hydrogens (primary N) is 1. The second-order valence-corrected chi connectivity index (χ2v) is 4.05. The van der Waals surface area contributed by atoms with E-state index in [1.165, 1.54) is 18.1 Å². The molecule has 0 amide bonds. The molecule has 0 fully saturated rings. The lowest BCUT2D eigenvalue weighted by molar-refractivity contribution is -0.118. The van der Waals surface area contributed by atoms with Crippen LogP contribution in [-0.2, 0) is 17.6 Å². The molecule has 0 bridgehead atoms. The van der Waals surface area contributed by atoms with E-state index in [1.54, 1.807) is 0 Å². The van der Waals surface area contributed by atoms with Crippen molar-refractivity contribution < 1.29 is 9.53 Å². The molecule has 80 valence electrons. The maximum atomic E-state index is 10.8. The minimum absolute atomic E-state index is 0.0369. The molecule has 0 spiro atoms. The van der Waals surface area contributed by atoms with E-state index in [0.29, 0.717) is 0 Å². The SMILES string of the molecule is CC(=O)COc1cccc2c1CC(N)C2. The third-order valence-corrected chi connectivity index (χ3v) is 2.61. The number of hydrogen-bond donors (Lipinski definition) is 1. The molecule has 1 atom stereocenters. The van der Waals surface area contributed by atoms with Crippen molar-refractivity contribution in [3.63, 3.8) is 0 Å². The van der Waals surface area contributed by atoms with Gasteiger partial charge in [-0.3, -0.25) is 4.79 Å². The van der Waals surface area contributed by atoms with Crippen molar-refractivity contribution in [2.24, 2.45) is 5.73 Å². The largest absolute Gasteiger partial charge is 0.486 e. The van der Waals surface area contributed by atoms with Crippen molar-refractivity contribution in [3.05, 3.63) is 29.3 Å². The summed E-state index contributed by atoms with van der Waals surface area (Å²) in [5, 5.41) is 0. The van der Waals surface area contributed by atoms with Gasteiger partial charge in [-0.1, -0.05) is 12.1 Å². The fraction of sp³-hybridized carbons (Fsp3) is 0.417. The first-order valence-electron chi connectivity index (χ1n) is 5.15. The van der Waals surface area contributed by atoms with Gasteiger partial charge in [-0.05, 0) is 37.0 Å². The van der Waals surface area contributed by atoms with Gasteiger partial charge in [0, 0.05) is 6.04 Å². The molecule has 3 heteroatoms. The number of Topliss-reactive ketones (excluding diaryl/α,β-unsaturated/α-hetero) is 1. The number of ketones is 1. The first kappa shape index (κ1) is 10.2. The predicted octanol–water partition coefficient (Wildman–Crippen LogP) is 1.08. The molecule has 1 aromatic rings. The zero-order valence-corrected chi connectivity index (χ0v) is 8.82. The van der Waals surface area contributed by atoms with Crippen LogP contribution in [0.3, 0.4) is 0 Å². The Bertz CT molecular complexity index is 387. The lowest BCUT2D eigenvalue weighted by Crippen LogP contribution is -2.19. The molecular weight excluding hydrogens is 190 g/mol. The molecule has 1 unspecified atom stereocenters. The van der Waals surface area contributed by atoms with Crippen LogP contribution in [0.2, 0.25) is 0 Å². The van der Waals surface area contributed by atoms with E-state index >= 15 is 0 Å². The summed E-state index contributed by atoms with van der Waals surface area (Å²) < 4.78 is 5.45. The van der Waals surface area contributed by atoms with E-state index in [2.05, 4.69) is 6.07 Å². The molecule has 0 radical (unpaired) electrons. The summed E-state index contributed by atoms with van der Waals surface area (Å²) in [7, 11) is 0. The number of ether oxygens (including phenoxy) is 1. The number of fused-ring (bicyclic) bond motifs is 1. The van der Waals surface area contributed by atoms with Crippen LogP contribution in [-0.4, -0.2) is 18.4 Å². The van der Waals surface area contributed by atoms with Crippen molar-refractivity contribution in [2.75, 3.05) is 6.61 Å². The van der Waals surface area contributed by atoms with Gasteiger partial charge in [-0.2, -0.15) is 0 Å². The predicted molar refractivity (Wildman–Crippen MR) is 58.0 cm³/mol. The van der Waals surface area contributed by atoms with Gasteiger partial charge in [0.2, 0.25) is 0 Å². The van der Waals surface area contributed by atoms with E-state index in [4.69, 9.17) is 10.5 Å². The number of hydrogen-bond acceptors (Lipinski definition) is 3. The zero-order chi connectivity index (χ0) is 10.8. The lowest BCUT2D eigenvalue weighted by Gasteiger charge is -2.08. The molecule has 0 aliphatic heterocycles. The summed E-state index contributed by atoms with van der Waals surface area (Å²) in [5.41, 5.74) is 8.31. The van der Waals surface area contributed by atoms with Gasteiger partial charge in [0.1, 0.15) is 12.4 Å². The molecule has 1 aliphatic carbocycles. The number of rotatable bonds is 3. The minimum atomic E-state index is 0.0369. The first-order valence-corrected chi connectivity index (χ1v) is 5.15. The van der Waals surface area contributed by atoms with E-state index in [0.717, 1.165) is 18.6 Å². The molecule has 0 heterocycles. The summed E-state index contributed by atoms with van der Waals surface area (Å²) in [5.74, 6) is 0.852. The molecule has 0 saturated carbocycles. The van der Waals surface area contributed by atoms with Gasteiger partial charge in [0.05, 0.1) is 0 Å². The Kier molecular flexibility index (Phi) is 2.73. The molecule has 3 nitrogen and oxygen atoms in total. The van der Waals surface area contributed by atoms with Crippen molar-refractivity contribution in [1.29, 1.82) is 0 Å². The molecular formula is C12H15NO2. The third-order valence-electron chi connectivity index (χ3n) is 2.61. The zero-order valence-electron chi connectivity index (χ0n) is 8.82. The quantitative estimate of drug-likeness (QED) is 0.803. The van der Waals surface area contributed by atoms with Crippen LogP contribution in [0.4, 0.5) is 0 Å². The Labute approximate surface area is 89.2 Å². The van der Waals surface area contributed by atoms with E-state index in [-0.39, 0.29) is 18.4 Å². The van der Waals surface area contributed by atoms with Crippen LogP contribution in [0.15, 0.2) is 18.2 Å². The van der Waals surface area contributed by atoms with Gasteiger partial charge in [0.15, 0.2) is 5.78 Å². The monoisotopic (exact) mass is 205 g/mol. The highest BCUT2D eigenvalue weighted by atomic mass is 16.5. The Balaban J connectivity index is 2.19. The number of carbonyl (C=O) groups excluding carboxylic acids is 1. The van der Waals surface area contributed by atoms with Gasteiger partial charge in [0.25, 0.3) is 0 Å². The first-order chi connectivity index (χ1) is 7.16. The normalized spacial score (nSPS) is 18.7. The fourth-order valence-corrected chi connectivity index (χ4v) is 1.97. The maximum absolute atomic E-state index is 10.8. The van der Waals surface area contributed by atoms with E-state index in [9.17, 15) is 4.79 Å². The Morgan fingerprint density at radius 3 is 3.07 bits per heavy atom. The van der Waals surface area contributed by atoms with Crippen molar-refractivity contribution in [3.8, 4) is 5.75 Å². The van der Waals surface area contributed by atoms with Gasteiger partial charge < -0.3 is 10.5 Å². The summed E-state index contributed by atoms with van der Waals surface area (Å²) in [6, 6.07) is 6.12. The average Bonchev–Trinajstić information content (AvgIpc) is 2.55. The fourth-order valence-electron chi connectivity index (χ4n) is 1.97. The van der Waals surface area contributed by atoms with Gasteiger partial charge >= 0.3 is 0 Å². The number of carbonyl (C=O) groups is 1. The third kappa shape index (κ3) is 2.18. The Morgan fingerprint density at radius 1 is 1.53 bits per heavy atom. The van der Waals surface area contributed by atoms with Crippen LogP contribution in [0, 0.1) is 0 Å². The minimum Gasteiger partial charge on any atom is -0.486 e. The maximum Gasteiger partial charge on any atom is 0.167 e. The molecule has 2 rings (SSSR count). The highest BCUT2D eigenvalue weighted by Crippen LogP contribution is 2.29. The number of benzene rings is 1. The van der Waals surface area contributed by atoms with E-state index < -0.39 is 0 Å². The van der Waals surface area contributed by atoms with Crippen molar-refractivity contribution in [1.82, 2.24) is 0 Å². The second-order valence-electron chi connectivity index (χ2n) is 4.05. The smallest absolute Gasteiger partial charge is 0.167 e. The summed E-state index contributed by atoms with van der Waals surface area (Å²) >= 11 is 0.